The summed E-state index contributed by atoms with van der Waals surface area (Å²) < 4.78 is 0. The third kappa shape index (κ3) is 4.24. The van der Waals surface area contributed by atoms with Gasteiger partial charge in [-0.3, -0.25) is 10.2 Å². The molecule has 0 saturated carbocycles. The third-order valence-electron chi connectivity index (χ3n) is 3.95. The summed E-state index contributed by atoms with van der Waals surface area (Å²) in [4.78, 5) is 20.6. The number of amides is 1. The van der Waals surface area contributed by atoms with Gasteiger partial charge < -0.3 is 0 Å². The number of benzene rings is 2. The van der Waals surface area contributed by atoms with Crippen molar-refractivity contribution in [1.82, 2.24) is 0 Å². The van der Waals surface area contributed by atoms with Crippen LogP contribution in [0.4, 0.5) is 10.5 Å². The molecule has 0 bridgehead atoms. The Kier molecular flexibility index (Phi) is 5.27. The maximum atomic E-state index is 12.0. The van der Waals surface area contributed by atoms with Gasteiger partial charge in [0, 0.05) is 32.7 Å². The second kappa shape index (κ2) is 8.16. The van der Waals surface area contributed by atoms with Crippen LogP contribution < -0.4 is 5.32 Å². The molecule has 2 heterocycles. The molecule has 2 aromatic carbocycles. The predicted molar refractivity (Wildman–Crippen MR) is 114 cm³/mol. The van der Waals surface area contributed by atoms with Crippen LogP contribution >= 0.6 is 22.7 Å². The Morgan fingerprint density at radius 3 is 2.78 bits per heavy atom. The minimum absolute atomic E-state index is 0.604. The Labute approximate surface area is 164 Å². The first-order chi connectivity index (χ1) is 13.3. The van der Waals surface area contributed by atoms with Gasteiger partial charge >= 0.3 is 6.09 Å². The minimum atomic E-state index is -0.604. The summed E-state index contributed by atoms with van der Waals surface area (Å²) in [5, 5.41) is 10.6. The van der Waals surface area contributed by atoms with Crippen molar-refractivity contribution in [3.05, 3.63) is 77.0 Å². The van der Waals surface area contributed by atoms with Gasteiger partial charge in [0.15, 0.2) is 0 Å². The van der Waals surface area contributed by atoms with Crippen LogP contribution in [0.2, 0.25) is 0 Å². The summed E-state index contributed by atoms with van der Waals surface area (Å²) in [7, 11) is 0. The zero-order valence-corrected chi connectivity index (χ0v) is 15.9. The highest BCUT2D eigenvalue weighted by molar-refractivity contribution is 7.21. The maximum Gasteiger partial charge on any atom is 0.437 e. The lowest BCUT2D eigenvalue weighted by molar-refractivity contribution is 0.167. The summed E-state index contributed by atoms with van der Waals surface area (Å²) in [6.45, 7) is 0. The summed E-state index contributed by atoms with van der Waals surface area (Å²) in [5.74, 6) is 0. The summed E-state index contributed by atoms with van der Waals surface area (Å²) >= 11 is 3.44. The van der Waals surface area contributed by atoms with Crippen molar-refractivity contribution in [1.29, 1.82) is 0 Å². The molecule has 0 aliphatic heterocycles. The van der Waals surface area contributed by atoms with Crippen molar-refractivity contribution in [2.75, 3.05) is 5.32 Å². The topological polar surface area (TPSA) is 50.7 Å². The SMILES string of the molecule is O=C(Nc1cccc2ccccc12)ON=CCc1ccc(-c2cccs2)s1. The standard InChI is InChI=1S/C21H16N2O2S2/c24-21(23-18-8-3-6-15-5-1-2-7-17(15)18)25-22-13-12-16-10-11-20(27-16)19-9-4-14-26-19/h1-11,13-14H,12H2,(H,23,24). The summed E-state index contributed by atoms with van der Waals surface area (Å²) in [6.07, 6.45) is 1.62. The first-order valence-corrected chi connectivity index (χ1v) is 10.1. The molecule has 2 aromatic heterocycles. The number of carbonyl (C=O) groups is 1. The molecule has 0 aliphatic carbocycles. The predicted octanol–water partition coefficient (Wildman–Crippen LogP) is 6.41. The molecule has 0 aliphatic rings. The molecule has 1 amide bonds. The molecular formula is C21H16N2O2S2. The van der Waals surface area contributed by atoms with E-state index >= 15 is 0 Å². The van der Waals surface area contributed by atoms with E-state index in [1.54, 1.807) is 28.9 Å². The fraction of sp³-hybridized carbons (Fsp3) is 0.0476. The molecule has 6 heteroatoms. The number of hydrogen-bond donors (Lipinski definition) is 1. The fourth-order valence-corrected chi connectivity index (χ4v) is 4.51. The quantitative estimate of drug-likeness (QED) is 0.242. The summed E-state index contributed by atoms with van der Waals surface area (Å²) in [5.41, 5.74) is 0.701. The van der Waals surface area contributed by atoms with Gasteiger partial charge in [0.25, 0.3) is 0 Å². The maximum absolute atomic E-state index is 12.0. The number of nitrogens with one attached hydrogen (secondary N) is 1. The van der Waals surface area contributed by atoms with Crippen LogP contribution in [0.5, 0.6) is 0 Å². The molecule has 4 rings (SSSR count). The van der Waals surface area contributed by atoms with Gasteiger partial charge in [0.1, 0.15) is 0 Å². The number of oxime groups is 1. The molecule has 4 aromatic rings. The summed E-state index contributed by atoms with van der Waals surface area (Å²) in [6, 6.07) is 21.9. The molecule has 27 heavy (non-hydrogen) atoms. The van der Waals surface area contributed by atoms with Crippen molar-refractivity contribution >= 4 is 51.4 Å². The second-order valence-corrected chi connectivity index (χ2v) is 7.88. The third-order valence-corrected chi connectivity index (χ3v) is 6.13. The van der Waals surface area contributed by atoms with Crippen LogP contribution in [-0.2, 0) is 11.3 Å². The molecule has 0 spiro atoms. The molecule has 0 unspecified atom stereocenters. The molecular weight excluding hydrogens is 376 g/mol. The van der Waals surface area contributed by atoms with Crippen molar-refractivity contribution in [3.8, 4) is 9.75 Å². The van der Waals surface area contributed by atoms with Gasteiger partial charge in [-0.25, -0.2) is 4.79 Å². The van der Waals surface area contributed by atoms with Gasteiger partial charge in [0.05, 0.1) is 5.69 Å². The highest BCUT2D eigenvalue weighted by Crippen LogP contribution is 2.31. The van der Waals surface area contributed by atoms with E-state index in [1.165, 1.54) is 14.6 Å². The highest BCUT2D eigenvalue weighted by Gasteiger charge is 2.06. The lowest BCUT2D eigenvalue weighted by Crippen LogP contribution is -2.11. The highest BCUT2D eigenvalue weighted by atomic mass is 32.1. The number of nitrogens with zero attached hydrogens (tertiary/aromatic N) is 1. The smallest absolute Gasteiger partial charge is 0.298 e. The molecule has 0 fully saturated rings. The second-order valence-electron chi connectivity index (χ2n) is 5.77. The van der Waals surface area contributed by atoms with Gasteiger partial charge in [0.2, 0.25) is 0 Å². The number of hydrogen-bond acceptors (Lipinski definition) is 5. The van der Waals surface area contributed by atoms with Crippen LogP contribution in [0.3, 0.4) is 0 Å². The Morgan fingerprint density at radius 1 is 1.00 bits per heavy atom. The number of thiophene rings is 2. The first kappa shape index (κ1) is 17.5. The van der Waals surface area contributed by atoms with Crippen molar-refractivity contribution < 1.29 is 9.63 Å². The largest absolute Gasteiger partial charge is 0.437 e. The van der Waals surface area contributed by atoms with Gasteiger partial charge in [-0.05, 0) is 35.0 Å². The lowest BCUT2D eigenvalue weighted by Gasteiger charge is -2.06. The van der Waals surface area contributed by atoms with Gasteiger partial charge in [-0.1, -0.05) is 47.6 Å². The fourth-order valence-electron chi connectivity index (χ4n) is 2.72. The van der Waals surface area contributed by atoms with E-state index < -0.39 is 6.09 Å². The van der Waals surface area contributed by atoms with E-state index in [-0.39, 0.29) is 0 Å². The van der Waals surface area contributed by atoms with E-state index in [0.29, 0.717) is 12.1 Å². The number of fused-ring (bicyclic) bond motifs is 1. The lowest BCUT2D eigenvalue weighted by atomic mass is 10.1. The zero-order valence-electron chi connectivity index (χ0n) is 14.3. The number of anilines is 1. The van der Waals surface area contributed by atoms with Crippen LogP contribution in [-0.4, -0.2) is 12.3 Å². The van der Waals surface area contributed by atoms with Crippen molar-refractivity contribution in [2.45, 2.75) is 6.42 Å². The van der Waals surface area contributed by atoms with Crippen molar-refractivity contribution in [3.63, 3.8) is 0 Å². The van der Waals surface area contributed by atoms with E-state index in [2.05, 4.69) is 34.1 Å². The number of rotatable bonds is 5. The Bertz CT molecular complexity index is 1080. The minimum Gasteiger partial charge on any atom is -0.298 e. The first-order valence-electron chi connectivity index (χ1n) is 8.40. The Hall–Kier alpha value is -2.96. The Morgan fingerprint density at radius 2 is 1.89 bits per heavy atom. The molecule has 0 atom stereocenters. The molecule has 0 radical (unpaired) electrons. The molecule has 1 N–H and O–H groups in total. The van der Waals surface area contributed by atoms with E-state index in [4.69, 9.17) is 4.84 Å². The van der Waals surface area contributed by atoms with Crippen molar-refractivity contribution in [2.24, 2.45) is 5.16 Å². The van der Waals surface area contributed by atoms with Crippen LogP contribution in [0.25, 0.3) is 20.5 Å². The average Bonchev–Trinajstić information content (AvgIpc) is 3.37. The van der Waals surface area contributed by atoms with Gasteiger partial charge in [-0.2, -0.15) is 0 Å². The monoisotopic (exact) mass is 392 g/mol. The molecule has 0 saturated heterocycles. The van der Waals surface area contributed by atoms with Gasteiger partial charge in [-0.15, -0.1) is 22.7 Å². The normalized spacial score (nSPS) is 11.1. The molecule has 134 valence electrons. The average molecular weight is 393 g/mol. The van der Waals surface area contributed by atoms with Crippen LogP contribution in [0.15, 0.2) is 77.3 Å². The van der Waals surface area contributed by atoms with E-state index in [1.807, 2.05) is 48.5 Å². The van der Waals surface area contributed by atoms with E-state index in [0.717, 1.165) is 10.8 Å². The van der Waals surface area contributed by atoms with E-state index in [9.17, 15) is 4.79 Å². The number of carbonyl (C=O) groups excluding carboxylic acids is 1. The molecule has 4 nitrogen and oxygen atoms in total. The van der Waals surface area contributed by atoms with Crippen LogP contribution in [0.1, 0.15) is 4.88 Å². The Balaban J connectivity index is 1.32. The van der Waals surface area contributed by atoms with Crippen LogP contribution in [0, 0.1) is 0 Å². The zero-order chi connectivity index (χ0) is 18.5.